The molecule has 0 bridgehead atoms. The Kier molecular flexibility index (Phi) is 3.35. The third kappa shape index (κ3) is 2.30. The van der Waals surface area contributed by atoms with E-state index in [4.69, 9.17) is 0 Å². The first kappa shape index (κ1) is 13.1. The van der Waals surface area contributed by atoms with Crippen LogP contribution in [-0.2, 0) is 6.42 Å². The molecule has 1 aliphatic carbocycles. The third-order valence-electron chi connectivity index (χ3n) is 4.39. The average molecular weight is 279 g/mol. The first-order valence-electron chi connectivity index (χ1n) is 7.06. The summed E-state index contributed by atoms with van der Waals surface area (Å²) in [5.41, 5.74) is 0.755. The topological polar surface area (TPSA) is 36.4 Å². The van der Waals surface area contributed by atoms with Crippen molar-refractivity contribution in [3.63, 3.8) is 0 Å². The summed E-state index contributed by atoms with van der Waals surface area (Å²) in [4.78, 5) is 22.5. The zero-order chi connectivity index (χ0) is 13.6. The standard InChI is InChI=1S/C14H21N3OS/c1-9-7-17(8-10(2)16(9)3)14-15-13-11(18)5-4-6-12(13)19-14/h9-10H,4-8H2,1-3H3. The van der Waals surface area contributed by atoms with Crippen LogP contribution in [0.4, 0.5) is 5.13 Å². The molecule has 0 spiro atoms. The zero-order valence-electron chi connectivity index (χ0n) is 11.8. The fourth-order valence-corrected chi connectivity index (χ4v) is 4.09. The van der Waals surface area contributed by atoms with E-state index in [-0.39, 0.29) is 5.78 Å². The molecule has 19 heavy (non-hydrogen) atoms. The second kappa shape index (κ2) is 4.87. The van der Waals surface area contributed by atoms with Crippen LogP contribution >= 0.6 is 11.3 Å². The number of likely N-dealkylation sites (N-methyl/N-ethyl adjacent to an activating group) is 1. The number of rotatable bonds is 1. The molecular formula is C14H21N3OS. The van der Waals surface area contributed by atoms with E-state index in [0.717, 1.165) is 36.8 Å². The first-order valence-corrected chi connectivity index (χ1v) is 7.87. The summed E-state index contributed by atoms with van der Waals surface area (Å²) >= 11 is 1.73. The van der Waals surface area contributed by atoms with E-state index >= 15 is 0 Å². The number of piperazine rings is 1. The van der Waals surface area contributed by atoms with Crippen molar-refractivity contribution in [2.24, 2.45) is 0 Å². The predicted molar refractivity (Wildman–Crippen MR) is 78.3 cm³/mol. The molecule has 2 aliphatic rings. The second-order valence-electron chi connectivity index (χ2n) is 5.81. The molecule has 0 amide bonds. The number of hydrogen-bond acceptors (Lipinski definition) is 5. The lowest BCUT2D eigenvalue weighted by atomic mass is 10.0. The number of carbonyl (C=O) groups is 1. The first-order chi connectivity index (χ1) is 9.06. The molecule has 104 valence electrons. The van der Waals surface area contributed by atoms with Gasteiger partial charge in [-0.3, -0.25) is 9.69 Å². The molecule has 0 saturated carbocycles. The summed E-state index contributed by atoms with van der Waals surface area (Å²) < 4.78 is 0. The van der Waals surface area contributed by atoms with Crippen molar-refractivity contribution in [3.8, 4) is 0 Å². The summed E-state index contributed by atoms with van der Waals surface area (Å²) in [5.74, 6) is 0.235. The van der Waals surface area contributed by atoms with Gasteiger partial charge in [0.2, 0.25) is 0 Å². The highest BCUT2D eigenvalue weighted by Gasteiger charge is 2.30. The number of hydrogen-bond donors (Lipinski definition) is 0. The lowest BCUT2D eigenvalue weighted by Crippen LogP contribution is -2.55. The molecule has 1 aromatic rings. The maximum absolute atomic E-state index is 11.9. The van der Waals surface area contributed by atoms with Crippen LogP contribution in [-0.4, -0.2) is 47.9 Å². The number of anilines is 1. The fourth-order valence-electron chi connectivity index (χ4n) is 2.95. The minimum absolute atomic E-state index is 0.235. The SMILES string of the molecule is CC1CN(c2nc3c(s2)CCCC3=O)CC(C)N1C. The molecular weight excluding hydrogens is 258 g/mol. The maximum atomic E-state index is 11.9. The quantitative estimate of drug-likeness (QED) is 0.789. The Balaban J connectivity index is 1.85. The highest BCUT2D eigenvalue weighted by Crippen LogP contribution is 2.33. The molecule has 0 N–H and O–H groups in total. The third-order valence-corrected chi connectivity index (χ3v) is 5.56. The van der Waals surface area contributed by atoms with Gasteiger partial charge in [-0.1, -0.05) is 0 Å². The molecule has 4 nitrogen and oxygen atoms in total. The number of aromatic nitrogens is 1. The van der Waals surface area contributed by atoms with Gasteiger partial charge < -0.3 is 4.90 Å². The van der Waals surface area contributed by atoms with Gasteiger partial charge in [0.25, 0.3) is 0 Å². The Morgan fingerprint density at radius 1 is 1.21 bits per heavy atom. The van der Waals surface area contributed by atoms with Crippen LogP contribution < -0.4 is 4.90 Å². The zero-order valence-corrected chi connectivity index (χ0v) is 12.7. The van der Waals surface area contributed by atoms with E-state index in [0.29, 0.717) is 18.5 Å². The molecule has 1 fully saturated rings. The van der Waals surface area contributed by atoms with Gasteiger partial charge in [-0.05, 0) is 33.7 Å². The van der Waals surface area contributed by atoms with Crippen molar-refractivity contribution in [1.82, 2.24) is 9.88 Å². The van der Waals surface area contributed by atoms with E-state index in [1.807, 2.05) is 0 Å². The van der Waals surface area contributed by atoms with Gasteiger partial charge in [0.15, 0.2) is 10.9 Å². The number of aryl methyl sites for hydroxylation is 1. The molecule has 1 saturated heterocycles. The number of carbonyl (C=O) groups excluding carboxylic acids is 1. The van der Waals surface area contributed by atoms with E-state index in [1.165, 1.54) is 4.88 Å². The summed E-state index contributed by atoms with van der Waals surface area (Å²) in [7, 11) is 2.18. The number of nitrogens with zero attached hydrogens (tertiary/aromatic N) is 3. The Labute approximate surface area is 118 Å². The van der Waals surface area contributed by atoms with Crippen molar-refractivity contribution in [2.75, 3.05) is 25.0 Å². The van der Waals surface area contributed by atoms with Gasteiger partial charge in [-0.25, -0.2) is 4.98 Å². The number of ketones is 1. The van der Waals surface area contributed by atoms with Gasteiger partial charge in [-0.2, -0.15) is 0 Å². The highest BCUT2D eigenvalue weighted by molar-refractivity contribution is 7.16. The van der Waals surface area contributed by atoms with Crippen molar-refractivity contribution in [2.45, 2.75) is 45.2 Å². The van der Waals surface area contributed by atoms with Crippen LogP contribution in [0, 0.1) is 0 Å². The van der Waals surface area contributed by atoms with E-state index in [9.17, 15) is 4.79 Å². The number of fused-ring (bicyclic) bond motifs is 1. The molecule has 2 heterocycles. The predicted octanol–water partition coefficient (Wildman–Crippen LogP) is 2.19. The van der Waals surface area contributed by atoms with Crippen molar-refractivity contribution in [3.05, 3.63) is 10.6 Å². The van der Waals surface area contributed by atoms with Crippen molar-refractivity contribution >= 4 is 22.3 Å². The lowest BCUT2D eigenvalue weighted by molar-refractivity contribution is 0.0968. The summed E-state index contributed by atoms with van der Waals surface area (Å²) in [6.07, 6.45) is 2.69. The number of Topliss-reactive ketones (excluding diaryl/α,β-unsaturated/α-hetero) is 1. The van der Waals surface area contributed by atoms with Crippen LogP contribution in [0.5, 0.6) is 0 Å². The minimum atomic E-state index is 0.235. The molecule has 1 aliphatic heterocycles. The second-order valence-corrected chi connectivity index (χ2v) is 6.88. The van der Waals surface area contributed by atoms with Crippen LogP contribution in [0.25, 0.3) is 0 Å². The van der Waals surface area contributed by atoms with Gasteiger partial charge in [0.05, 0.1) is 0 Å². The molecule has 0 aromatic carbocycles. The summed E-state index contributed by atoms with van der Waals surface area (Å²) in [5, 5.41) is 1.05. The van der Waals surface area contributed by atoms with Crippen LogP contribution in [0.2, 0.25) is 0 Å². The van der Waals surface area contributed by atoms with Gasteiger partial charge >= 0.3 is 0 Å². The van der Waals surface area contributed by atoms with Crippen molar-refractivity contribution in [1.29, 1.82) is 0 Å². The minimum Gasteiger partial charge on any atom is -0.345 e. The van der Waals surface area contributed by atoms with Crippen LogP contribution in [0.3, 0.4) is 0 Å². The Morgan fingerprint density at radius 3 is 2.53 bits per heavy atom. The molecule has 2 atom stereocenters. The van der Waals surface area contributed by atoms with Crippen molar-refractivity contribution < 1.29 is 4.79 Å². The smallest absolute Gasteiger partial charge is 0.186 e. The number of thiazole rings is 1. The highest BCUT2D eigenvalue weighted by atomic mass is 32.1. The van der Waals surface area contributed by atoms with E-state index in [2.05, 4.69) is 35.7 Å². The molecule has 0 radical (unpaired) electrons. The molecule has 2 unspecified atom stereocenters. The van der Waals surface area contributed by atoms with E-state index in [1.54, 1.807) is 11.3 Å². The normalized spacial score (nSPS) is 28.6. The van der Waals surface area contributed by atoms with Gasteiger partial charge in [-0.15, -0.1) is 11.3 Å². The Hall–Kier alpha value is -0.940. The van der Waals surface area contributed by atoms with Crippen LogP contribution in [0.1, 0.15) is 42.1 Å². The summed E-state index contributed by atoms with van der Waals surface area (Å²) in [6.45, 7) is 6.51. The monoisotopic (exact) mass is 279 g/mol. The Bertz CT molecular complexity index is 487. The maximum Gasteiger partial charge on any atom is 0.186 e. The largest absolute Gasteiger partial charge is 0.345 e. The average Bonchev–Trinajstić information content (AvgIpc) is 2.81. The Morgan fingerprint density at radius 2 is 1.89 bits per heavy atom. The molecule has 5 heteroatoms. The van der Waals surface area contributed by atoms with Crippen LogP contribution in [0.15, 0.2) is 0 Å². The van der Waals surface area contributed by atoms with E-state index < -0.39 is 0 Å². The van der Waals surface area contributed by atoms with Gasteiger partial charge in [0.1, 0.15) is 5.69 Å². The lowest BCUT2D eigenvalue weighted by Gasteiger charge is -2.42. The summed E-state index contributed by atoms with van der Waals surface area (Å²) in [6, 6.07) is 1.06. The molecule has 3 rings (SSSR count). The van der Waals surface area contributed by atoms with Gasteiger partial charge in [0, 0.05) is 36.5 Å². The molecule has 1 aromatic heterocycles. The fraction of sp³-hybridized carbons (Fsp3) is 0.714.